The molecule has 0 radical (unpaired) electrons. The summed E-state index contributed by atoms with van der Waals surface area (Å²) in [5, 5.41) is 2.78. The summed E-state index contributed by atoms with van der Waals surface area (Å²) in [6, 6.07) is 16.6. The smallest absolute Gasteiger partial charge is 0.226 e. The molecule has 0 unspecified atom stereocenters. The molecule has 3 N–H and O–H groups in total. The Bertz CT molecular complexity index is 570. The lowest BCUT2D eigenvalue weighted by Gasteiger charge is -2.08. The minimum Gasteiger partial charge on any atom is -0.491 e. The molecule has 0 heterocycles. The third-order valence-corrected chi connectivity index (χ3v) is 2.91. The molecule has 0 aliphatic rings. The Morgan fingerprint density at radius 2 is 1.68 bits per heavy atom. The molecule has 22 heavy (non-hydrogen) atoms. The summed E-state index contributed by atoms with van der Waals surface area (Å²) in [4.78, 5) is 11.7. The molecule has 0 spiro atoms. The van der Waals surface area contributed by atoms with Crippen LogP contribution < -0.4 is 15.8 Å². The van der Waals surface area contributed by atoms with Crippen molar-refractivity contribution < 1.29 is 14.3 Å². The van der Waals surface area contributed by atoms with Gasteiger partial charge in [0.25, 0.3) is 0 Å². The molecular formula is C17H20N2O3. The Kier molecular flexibility index (Phi) is 6.26. The molecule has 0 saturated carbocycles. The lowest BCUT2D eigenvalue weighted by molar-refractivity contribution is -0.117. The lowest BCUT2D eigenvalue weighted by Crippen LogP contribution is -2.15. The number of nitrogens with two attached hydrogens (primary N) is 1. The Morgan fingerprint density at radius 1 is 0.955 bits per heavy atom. The van der Waals surface area contributed by atoms with Crippen LogP contribution in [0, 0.1) is 0 Å². The number of carbonyl (C=O) groups excluding carboxylic acids is 1. The highest BCUT2D eigenvalue weighted by atomic mass is 16.5. The van der Waals surface area contributed by atoms with Crippen LogP contribution in [0.4, 0.5) is 11.4 Å². The van der Waals surface area contributed by atoms with Gasteiger partial charge in [0.05, 0.1) is 19.6 Å². The van der Waals surface area contributed by atoms with E-state index in [1.165, 1.54) is 0 Å². The van der Waals surface area contributed by atoms with Crippen molar-refractivity contribution in [3.05, 3.63) is 54.6 Å². The van der Waals surface area contributed by atoms with E-state index >= 15 is 0 Å². The van der Waals surface area contributed by atoms with Crippen molar-refractivity contribution in [3.8, 4) is 5.75 Å². The number of carbonyl (C=O) groups is 1. The molecule has 1 amide bonds. The quantitative estimate of drug-likeness (QED) is 0.580. The van der Waals surface area contributed by atoms with Gasteiger partial charge in [-0.2, -0.15) is 0 Å². The number of benzene rings is 2. The topological polar surface area (TPSA) is 73.6 Å². The van der Waals surface area contributed by atoms with Gasteiger partial charge in [-0.25, -0.2) is 0 Å². The maximum Gasteiger partial charge on any atom is 0.226 e. The third kappa shape index (κ3) is 5.85. The van der Waals surface area contributed by atoms with Crippen LogP contribution in [-0.2, 0) is 9.53 Å². The van der Waals surface area contributed by atoms with Crippen LogP contribution in [0.25, 0.3) is 0 Å². The molecule has 5 heteroatoms. The molecule has 0 aliphatic heterocycles. The van der Waals surface area contributed by atoms with Crippen molar-refractivity contribution in [1.29, 1.82) is 0 Å². The first-order valence-corrected chi connectivity index (χ1v) is 7.15. The second kappa shape index (κ2) is 8.69. The normalized spacial score (nSPS) is 10.2. The molecule has 0 aliphatic carbocycles. The highest BCUT2D eigenvalue weighted by molar-refractivity contribution is 5.90. The first kappa shape index (κ1) is 15.9. The number of hydrogen-bond donors (Lipinski definition) is 2. The first-order chi connectivity index (χ1) is 10.7. The van der Waals surface area contributed by atoms with Gasteiger partial charge in [0.15, 0.2) is 0 Å². The Morgan fingerprint density at radius 3 is 2.41 bits per heavy atom. The minimum atomic E-state index is -0.0891. The van der Waals surface area contributed by atoms with Gasteiger partial charge in [-0.3, -0.25) is 4.79 Å². The average Bonchev–Trinajstić information content (AvgIpc) is 2.54. The van der Waals surface area contributed by atoms with Crippen molar-refractivity contribution in [2.45, 2.75) is 6.42 Å². The summed E-state index contributed by atoms with van der Waals surface area (Å²) in [7, 11) is 0. The van der Waals surface area contributed by atoms with Gasteiger partial charge in [0.2, 0.25) is 5.91 Å². The molecule has 0 saturated heterocycles. The molecule has 0 fully saturated rings. The van der Waals surface area contributed by atoms with E-state index in [-0.39, 0.29) is 5.91 Å². The summed E-state index contributed by atoms with van der Waals surface area (Å²) in [5.41, 5.74) is 6.98. The van der Waals surface area contributed by atoms with E-state index in [9.17, 15) is 4.79 Å². The number of ether oxygens (including phenoxy) is 2. The van der Waals surface area contributed by atoms with Crippen molar-refractivity contribution >= 4 is 17.3 Å². The standard InChI is InChI=1S/C17H20N2O3/c18-14-6-8-15(9-7-14)19-17(20)10-11-21-12-13-22-16-4-2-1-3-5-16/h1-9H,10-13,18H2,(H,19,20). The predicted octanol–water partition coefficient (Wildman–Crippen LogP) is 2.69. The number of hydrogen-bond acceptors (Lipinski definition) is 4. The molecule has 116 valence electrons. The van der Waals surface area contributed by atoms with Crippen molar-refractivity contribution in [1.82, 2.24) is 0 Å². The number of rotatable bonds is 8. The Balaban J connectivity index is 1.54. The number of nitrogen functional groups attached to an aromatic ring is 1. The van der Waals surface area contributed by atoms with Crippen molar-refractivity contribution in [2.24, 2.45) is 0 Å². The summed E-state index contributed by atoms with van der Waals surface area (Å²) in [5.74, 6) is 0.723. The molecule has 2 aromatic rings. The van der Waals surface area contributed by atoms with E-state index < -0.39 is 0 Å². The molecule has 2 aromatic carbocycles. The predicted molar refractivity (Wildman–Crippen MR) is 86.9 cm³/mol. The van der Waals surface area contributed by atoms with Crippen LogP contribution in [-0.4, -0.2) is 25.7 Å². The highest BCUT2D eigenvalue weighted by Gasteiger charge is 2.02. The SMILES string of the molecule is Nc1ccc(NC(=O)CCOCCOc2ccccc2)cc1. The zero-order chi connectivity index (χ0) is 15.6. The lowest BCUT2D eigenvalue weighted by atomic mass is 10.3. The second-order valence-corrected chi connectivity index (χ2v) is 4.69. The summed E-state index contributed by atoms with van der Waals surface area (Å²) < 4.78 is 10.9. The highest BCUT2D eigenvalue weighted by Crippen LogP contribution is 2.10. The second-order valence-electron chi connectivity index (χ2n) is 4.69. The van der Waals surface area contributed by atoms with Gasteiger partial charge in [-0.1, -0.05) is 18.2 Å². The Labute approximate surface area is 130 Å². The maximum absolute atomic E-state index is 11.7. The molecule has 0 atom stereocenters. The number of para-hydroxylation sites is 1. The number of amides is 1. The summed E-state index contributed by atoms with van der Waals surface area (Å²) in [6.45, 7) is 1.27. The van der Waals surface area contributed by atoms with E-state index in [0.717, 1.165) is 11.4 Å². The molecular weight excluding hydrogens is 280 g/mol. The summed E-state index contributed by atoms with van der Waals surface area (Å²) in [6.07, 6.45) is 0.301. The first-order valence-electron chi connectivity index (χ1n) is 7.15. The largest absolute Gasteiger partial charge is 0.491 e. The average molecular weight is 300 g/mol. The maximum atomic E-state index is 11.7. The van der Waals surface area contributed by atoms with Gasteiger partial charge >= 0.3 is 0 Å². The van der Waals surface area contributed by atoms with Gasteiger partial charge in [0.1, 0.15) is 12.4 Å². The summed E-state index contributed by atoms with van der Waals surface area (Å²) >= 11 is 0. The van der Waals surface area contributed by atoms with Crippen LogP contribution in [0.1, 0.15) is 6.42 Å². The monoisotopic (exact) mass is 300 g/mol. The van der Waals surface area contributed by atoms with Gasteiger partial charge in [-0.05, 0) is 36.4 Å². The van der Waals surface area contributed by atoms with Crippen LogP contribution in [0.5, 0.6) is 5.75 Å². The van der Waals surface area contributed by atoms with E-state index in [1.807, 2.05) is 30.3 Å². The molecule has 0 bridgehead atoms. The van der Waals surface area contributed by atoms with E-state index in [2.05, 4.69) is 5.32 Å². The number of nitrogens with one attached hydrogen (secondary N) is 1. The van der Waals surface area contributed by atoms with Gasteiger partial charge in [-0.15, -0.1) is 0 Å². The fourth-order valence-electron chi connectivity index (χ4n) is 1.79. The van der Waals surface area contributed by atoms with E-state index in [1.54, 1.807) is 24.3 Å². The third-order valence-electron chi connectivity index (χ3n) is 2.91. The van der Waals surface area contributed by atoms with E-state index in [4.69, 9.17) is 15.2 Å². The van der Waals surface area contributed by atoms with Crippen molar-refractivity contribution in [3.63, 3.8) is 0 Å². The minimum absolute atomic E-state index is 0.0891. The zero-order valence-electron chi connectivity index (χ0n) is 12.3. The Hall–Kier alpha value is -2.53. The van der Waals surface area contributed by atoms with Gasteiger partial charge < -0.3 is 20.5 Å². The molecule has 0 aromatic heterocycles. The van der Waals surface area contributed by atoms with Gasteiger partial charge in [0, 0.05) is 11.4 Å². The van der Waals surface area contributed by atoms with E-state index in [0.29, 0.717) is 31.9 Å². The zero-order valence-corrected chi connectivity index (χ0v) is 12.3. The van der Waals surface area contributed by atoms with Crippen LogP contribution >= 0.6 is 0 Å². The fraction of sp³-hybridized carbons (Fsp3) is 0.235. The molecule has 5 nitrogen and oxygen atoms in total. The van der Waals surface area contributed by atoms with Crippen molar-refractivity contribution in [2.75, 3.05) is 30.9 Å². The fourth-order valence-corrected chi connectivity index (χ4v) is 1.79. The molecule has 2 rings (SSSR count). The van der Waals surface area contributed by atoms with Crippen LogP contribution in [0.3, 0.4) is 0 Å². The number of anilines is 2. The van der Waals surface area contributed by atoms with Crippen LogP contribution in [0.2, 0.25) is 0 Å². The van der Waals surface area contributed by atoms with Crippen LogP contribution in [0.15, 0.2) is 54.6 Å².